The fraction of sp³-hybridized carbons (Fsp3) is 0.400. The van der Waals surface area contributed by atoms with Gasteiger partial charge >= 0.3 is 12.0 Å². The molecular formula is C10H14N4O6. The van der Waals surface area contributed by atoms with Gasteiger partial charge in [-0.2, -0.15) is 9.97 Å². The lowest BCUT2D eigenvalue weighted by atomic mass is 10.4. The van der Waals surface area contributed by atoms with E-state index in [1.54, 1.807) is 0 Å². The summed E-state index contributed by atoms with van der Waals surface area (Å²) in [5.74, 6) is -1.18. The van der Waals surface area contributed by atoms with Gasteiger partial charge in [0.25, 0.3) is 0 Å². The number of hydrogen-bond donors (Lipinski definition) is 4. The summed E-state index contributed by atoms with van der Waals surface area (Å²) in [6, 6.07) is 0.637. The normalized spacial score (nSPS) is 11.3. The summed E-state index contributed by atoms with van der Waals surface area (Å²) in [4.78, 5) is 29.5. The van der Waals surface area contributed by atoms with E-state index in [0.717, 1.165) is 0 Å². The van der Waals surface area contributed by atoms with Crippen LogP contribution in [0.15, 0.2) is 6.07 Å². The molecule has 1 rings (SSSR count). The Labute approximate surface area is 113 Å². The number of aliphatic hydroxyl groups excluding tert-OH is 1. The zero-order valence-corrected chi connectivity index (χ0v) is 10.8. The Kier molecular flexibility index (Phi) is 5.47. The van der Waals surface area contributed by atoms with Crippen molar-refractivity contribution in [3.05, 3.63) is 6.07 Å². The van der Waals surface area contributed by atoms with Gasteiger partial charge in [0.2, 0.25) is 17.7 Å². The van der Waals surface area contributed by atoms with Crippen molar-refractivity contribution in [1.82, 2.24) is 15.3 Å². The van der Waals surface area contributed by atoms with Crippen LogP contribution < -0.4 is 20.1 Å². The molecule has 1 heterocycles. The first-order chi connectivity index (χ1) is 9.46. The molecule has 10 nitrogen and oxygen atoms in total. The molecule has 0 saturated carbocycles. The standard InChI is InChI=1S/C10H14N4O6/c1-19-6-3-7(20-2)13-9(12-6)14-10(18)11-4-5(15)8(16)17/h3,5,15H,4H2,1-2H3,(H,16,17)(H2,11,12,13,14,18)/t5-/m0/s1. The number of ether oxygens (including phenoxy) is 2. The number of hydrogen-bond acceptors (Lipinski definition) is 7. The quantitative estimate of drug-likeness (QED) is 0.524. The third-order valence-corrected chi connectivity index (χ3v) is 2.06. The largest absolute Gasteiger partial charge is 0.481 e. The van der Waals surface area contributed by atoms with Crippen LogP contribution >= 0.6 is 0 Å². The van der Waals surface area contributed by atoms with Gasteiger partial charge in [-0.3, -0.25) is 5.32 Å². The molecule has 1 atom stereocenters. The van der Waals surface area contributed by atoms with E-state index in [2.05, 4.69) is 20.6 Å². The Bertz CT molecular complexity index is 472. The maximum absolute atomic E-state index is 11.5. The Hall–Kier alpha value is -2.62. The lowest BCUT2D eigenvalue weighted by molar-refractivity contribution is -0.146. The molecule has 0 unspecified atom stereocenters. The molecule has 1 aromatic rings. The molecule has 0 aliphatic rings. The summed E-state index contributed by atoms with van der Waals surface area (Å²) in [7, 11) is 2.77. The number of nitrogens with zero attached hydrogens (tertiary/aromatic N) is 2. The molecule has 10 heteroatoms. The molecule has 2 amide bonds. The van der Waals surface area contributed by atoms with Crippen molar-refractivity contribution in [2.45, 2.75) is 6.10 Å². The third kappa shape index (κ3) is 4.57. The number of carbonyl (C=O) groups is 2. The summed E-state index contributed by atoms with van der Waals surface area (Å²) < 4.78 is 9.78. The van der Waals surface area contributed by atoms with E-state index in [-0.39, 0.29) is 17.7 Å². The fourth-order valence-corrected chi connectivity index (χ4v) is 1.09. The minimum atomic E-state index is -1.69. The monoisotopic (exact) mass is 286 g/mol. The highest BCUT2D eigenvalue weighted by molar-refractivity contribution is 5.87. The lowest BCUT2D eigenvalue weighted by Gasteiger charge is -2.09. The molecule has 0 saturated heterocycles. The number of urea groups is 1. The molecular weight excluding hydrogens is 272 g/mol. The van der Waals surface area contributed by atoms with Crippen LogP contribution in [-0.4, -0.2) is 59.0 Å². The second-order valence-electron chi connectivity index (χ2n) is 3.47. The average molecular weight is 286 g/mol. The number of carboxylic acid groups (broad SMARTS) is 1. The number of nitrogens with one attached hydrogen (secondary N) is 2. The zero-order chi connectivity index (χ0) is 15.1. The molecule has 0 aliphatic heterocycles. The maximum atomic E-state index is 11.5. The summed E-state index contributed by atoms with van der Waals surface area (Å²) in [5.41, 5.74) is 0. The predicted octanol–water partition coefficient (Wildman–Crippen LogP) is -0.939. The first-order valence-corrected chi connectivity index (χ1v) is 5.39. The predicted molar refractivity (Wildman–Crippen MR) is 65.8 cm³/mol. The number of rotatable bonds is 6. The molecule has 0 fully saturated rings. The molecule has 0 bridgehead atoms. The fourth-order valence-electron chi connectivity index (χ4n) is 1.09. The van der Waals surface area contributed by atoms with Gasteiger partial charge in [-0.1, -0.05) is 0 Å². The van der Waals surface area contributed by atoms with Gasteiger partial charge in [0.05, 0.1) is 26.8 Å². The van der Waals surface area contributed by atoms with Crippen molar-refractivity contribution in [1.29, 1.82) is 0 Å². The molecule has 110 valence electrons. The van der Waals surface area contributed by atoms with Crippen LogP contribution in [0.4, 0.5) is 10.7 Å². The summed E-state index contributed by atoms with van der Waals surface area (Å²) in [5, 5.41) is 21.8. The van der Waals surface area contributed by atoms with Crippen molar-refractivity contribution in [3.8, 4) is 11.8 Å². The average Bonchev–Trinajstić information content (AvgIpc) is 2.43. The van der Waals surface area contributed by atoms with Crippen LogP contribution in [0.25, 0.3) is 0 Å². The van der Waals surface area contributed by atoms with Crippen LogP contribution in [0.1, 0.15) is 0 Å². The minimum absolute atomic E-state index is 0.0940. The van der Waals surface area contributed by atoms with Crippen molar-refractivity contribution in [2.75, 3.05) is 26.1 Å². The number of carbonyl (C=O) groups excluding carboxylic acids is 1. The van der Waals surface area contributed by atoms with Crippen LogP contribution in [0.3, 0.4) is 0 Å². The van der Waals surface area contributed by atoms with E-state index >= 15 is 0 Å². The first kappa shape index (κ1) is 15.4. The molecule has 4 N–H and O–H groups in total. The Morgan fingerprint density at radius 2 is 1.85 bits per heavy atom. The lowest BCUT2D eigenvalue weighted by Crippen LogP contribution is -2.39. The van der Waals surface area contributed by atoms with Gasteiger partial charge in [0.15, 0.2) is 6.10 Å². The van der Waals surface area contributed by atoms with Crippen LogP contribution in [0.5, 0.6) is 11.8 Å². The highest BCUT2D eigenvalue weighted by atomic mass is 16.5. The highest BCUT2D eigenvalue weighted by Gasteiger charge is 2.15. The number of aliphatic carboxylic acids is 1. The van der Waals surface area contributed by atoms with E-state index in [0.29, 0.717) is 0 Å². The van der Waals surface area contributed by atoms with Crippen LogP contribution in [-0.2, 0) is 4.79 Å². The number of aromatic nitrogens is 2. The Balaban J connectivity index is 2.63. The van der Waals surface area contributed by atoms with Crippen molar-refractivity contribution >= 4 is 17.9 Å². The van der Waals surface area contributed by atoms with E-state index in [1.165, 1.54) is 20.3 Å². The van der Waals surface area contributed by atoms with E-state index in [9.17, 15) is 9.59 Å². The summed E-state index contributed by atoms with van der Waals surface area (Å²) in [6.45, 7) is -0.456. The highest BCUT2D eigenvalue weighted by Crippen LogP contribution is 2.16. The molecule has 0 radical (unpaired) electrons. The topological polar surface area (TPSA) is 143 Å². The van der Waals surface area contributed by atoms with Crippen molar-refractivity contribution in [3.63, 3.8) is 0 Å². The van der Waals surface area contributed by atoms with E-state index in [4.69, 9.17) is 19.7 Å². The minimum Gasteiger partial charge on any atom is -0.481 e. The third-order valence-electron chi connectivity index (χ3n) is 2.06. The number of aliphatic hydroxyl groups is 1. The SMILES string of the molecule is COc1cc(OC)nc(NC(=O)NC[C@H](O)C(=O)O)n1. The number of amides is 2. The van der Waals surface area contributed by atoms with E-state index in [1.807, 2.05) is 0 Å². The maximum Gasteiger partial charge on any atom is 0.334 e. The summed E-state index contributed by atoms with van der Waals surface area (Å²) in [6.07, 6.45) is -1.69. The second-order valence-corrected chi connectivity index (χ2v) is 3.47. The number of carboxylic acids is 1. The van der Waals surface area contributed by atoms with Crippen LogP contribution in [0, 0.1) is 0 Å². The first-order valence-electron chi connectivity index (χ1n) is 5.39. The Morgan fingerprint density at radius 3 is 2.30 bits per heavy atom. The molecule has 0 aromatic carbocycles. The van der Waals surface area contributed by atoms with Gasteiger partial charge in [0, 0.05) is 0 Å². The van der Waals surface area contributed by atoms with E-state index < -0.39 is 24.6 Å². The van der Waals surface area contributed by atoms with Crippen LogP contribution in [0.2, 0.25) is 0 Å². The smallest absolute Gasteiger partial charge is 0.334 e. The molecule has 1 aromatic heterocycles. The van der Waals surface area contributed by atoms with Gasteiger partial charge in [-0.05, 0) is 0 Å². The van der Waals surface area contributed by atoms with Gasteiger partial charge in [-0.15, -0.1) is 0 Å². The van der Waals surface area contributed by atoms with Crippen molar-refractivity contribution in [2.24, 2.45) is 0 Å². The number of methoxy groups -OCH3 is 2. The Morgan fingerprint density at radius 1 is 1.30 bits per heavy atom. The van der Waals surface area contributed by atoms with Gasteiger partial charge in [0.1, 0.15) is 0 Å². The molecule has 0 spiro atoms. The second kappa shape index (κ2) is 7.09. The van der Waals surface area contributed by atoms with Gasteiger partial charge < -0.3 is 25.0 Å². The summed E-state index contributed by atoms with van der Waals surface area (Å²) >= 11 is 0. The van der Waals surface area contributed by atoms with Gasteiger partial charge in [-0.25, -0.2) is 9.59 Å². The van der Waals surface area contributed by atoms with Crippen molar-refractivity contribution < 1.29 is 29.3 Å². The molecule has 20 heavy (non-hydrogen) atoms. The zero-order valence-electron chi connectivity index (χ0n) is 10.8. The molecule has 0 aliphatic carbocycles. The number of anilines is 1.